The summed E-state index contributed by atoms with van der Waals surface area (Å²) in [5.74, 6) is -0.00116. The molecule has 1 aromatic rings. The molecule has 1 aromatic heterocycles. The zero-order valence-electron chi connectivity index (χ0n) is 14.0. The van der Waals surface area contributed by atoms with Crippen LogP contribution in [0.3, 0.4) is 0 Å². The Hall–Kier alpha value is -1.89. The molecule has 2 heterocycles. The van der Waals surface area contributed by atoms with Gasteiger partial charge in [-0.1, -0.05) is 12.8 Å². The van der Waals surface area contributed by atoms with Gasteiger partial charge in [0.2, 0.25) is 11.8 Å². The number of likely N-dealkylation sites (tertiary alicyclic amines) is 1. The molecule has 7 nitrogen and oxygen atoms in total. The maximum atomic E-state index is 12.3. The zero-order chi connectivity index (χ0) is 16.7. The third-order valence-corrected chi connectivity index (χ3v) is 4.21. The van der Waals surface area contributed by atoms with Crippen molar-refractivity contribution in [3.05, 3.63) is 18.0 Å². The number of rotatable bonds is 6. The van der Waals surface area contributed by atoms with Crippen LogP contribution in [0.2, 0.25) is 0 Å². The van der Waals surface area contributed by atoms with Gasteiger partial charge in [0.1, 0.15) is 6.04 Å². The Kier molecular flexibility index (Phi) is 6.58. The average molecular weight is 321 g/mol. The maximum absolute atomic E-state index is 12.3. The summed E-state index contributed by atoms with van der Waals surface area (Å²) in [6, 6.07) is -0.447. The second kappa shape index (κ2) is 8.67. The van der Waals surface area contributed by atoms with Gasteiger partial charge in [-0.3, -0.25) is 14.3 Å². The van der Waals surface area contributed by atoms with Crippen LogP contribution in [0.25, 0.3) is 0 Å². The van der Waals surface area contributed by atoms with Gasteiger partial charge >= 0.3 is 0 Å². The molecule has 1 saturated heterocycles. The average Bonchev–Trinajstić information content (AvgIpc) is 2.78. The molecule has 128 valence electrons. The van der Waals surface area contributed by atoms with Crippen molar-refractivity contribution in [3.63, 3.8) is 0 Å². The molecule has 0 radical (unpaired) electrons. The first kappa shape index (κ1) is 17.5. The molecule has 7 heteroatoms. The van der Waals surface area contributed by atoms with Gasteiger partial charge in [0.05, 0.1) is 6.20 Å². The normalized spacial score (nSPS) is 16.7. The van der Waals surface area contributed by atoms with Crippen molar-refractivity contribution < 1.29 is 9.59 Å². The molecular formula is C16H27N5O2. The molecule has 0 aromatic carbocycles. The topological polar surface area (TPSA) is 79.3 Å². The van der Waals surface area contributed by atoms with Gasteiger partial charge in [0.25, 0.3) is 0 Å². The molecule has 1 fully saturated rings. The molecule has 0 bridgehead atoms. The number of carbonyl (C=O) groups excluding carboxylic acids is 2. The number of nitrogens with one attached hydrogen (secondary N) is 2. The van der Waals surface area contributed by atoms with Crippen LogP contribution in [0.4, 0.5) is 0 Å². The summed E-state index contributed by atoms with van der Waals surface area (Å²) >= 11 is 0. The second-order valence-corrected chi connectivity index (χ2v) is 6.01. The third-order valence-electron chi connectivity index (χ3n) is 4.21. The first-order valence-electron chi connectivity index (χ1n) is 8.33. The smallest absolute Gasteiger partial charge is 0.241 e. The summed E-state index contributed by atoms with van der Waals surface area (Å²) in [5.41, 5.74) is 0.811. The lowest BCUT2D eigenvalue weighted by Gasteiger charge is -2.20. The Labute approximate surface area is 137 Å². The molecule has 1 aliphatic heterocycles. The van der Waals surface area contributed by atoms with E-state index in [1.54, 1.807) is 17.9 Å². The van der Waals surface area contributed by atoms with Gasteiger partial charge in [-0.15, -0.1) is 0 Å². The minimum absolute atomic E-state index is 0.134. The van der Waals surface area contributed by atoms with E-state index in [1.165, 1.54) is 12.8 Å². The van der Waals surface area contributed by atoms with Crippen LogP contribution in [0.15, 0.2) is 12.4 Å². The highest BCUT2D eigenvalue weighted by Gasteiger charge is 2.20. The van der Waals surface area contributed by atoms with Crippen LogP contribution in [0.5, 0.6) is 0 Å². The number of aromatic nitrogens is 2. The zero-order valence-corrected chi connectivity index (χ0v) is 14.0. The van der Waals surface area contributed by atoms with Crippen LogP contribution in [0, 0.1) is 0 Å². The molecule has 2 amide bonds. The predicted octanol–water partition coefficient (Wildman–Crippen LogP) is 0.589. The van der Waals surface area contributed by atoms with Crippen molar-refractivity contribution in [2.45, 2.75) is 38.1 Å². The minimum Gasteiger partial charge on any atom is -0.354 e. The lowest BCUT2D eigenvalue weighted by molar-refractivity contribution is -0.131. The van der Waals surface area contributed by atoms with Gasteiger partial charge in [-0.25, -0.2) is 0 Å². The van der Waals surface area contributed by atoms with E-state index in [0.717, 1.165) is 31.5 Å². The van der Waals surface area contributed by atoms with Crippen molar-refractivity contribution >= 4 is 11.8 Å². The van der Waals surface area contributed by atoms with Crippen LogP contribution < -0.4 is 10.6 Å². The van der Waals surface area contributed by atoms with Crippen LogP contribution >= 0.6 is 0 Å². The number of hydrogen-bond donors (Lipinski definition) is 2. The van der Waals surface area contributed by atoms with Crippen molar-refractivity contribution in [1.29, 1.82) is 0 Å². The van der Waals surface area contributed by atoms with E-state index in [-0.39, 0.29) is 11.8 Å². The molecule has 23 heavy (non-hydrogen) atoms. The van der Waals surface area contributed by atoms with Crippen molar-refractivity contribution in [2.75, 3.05) is 26.7 Å². The number of nitrogens with zero attached hydrogens (tertiary/aromatic N) is 3. The van der Waals surface area contributed by atoms with Crippen LogP contribution in [0.1, 0.15) is 43.7 Å². The Morgan fingerprint density at radius 1 is 1.26 bits per heavy atom. The first-order chi connectivity index (χ1) is 11.1. The van der Waals surface area contributed by atoms with E-state index in [2.05, 4.69) is 15.7 Å². The molecule has 0 aliphatic carbocycles. The Balaban J connectivity index is 1.78. The van der Waals surface area contributed by atoms with E-state index in [4.69, 9.17) is 0 Å². The van der Waals surface area contributed by atoms with Gasteiger partial charge in [-0.05, 0) is 19.9 Å². The third kappa shape index (κ3) is 5.06. The number of carbonyl (C=O) groups is 2. The standard InChI is InChI=1S/C16H27N5O2/c1-17-15(13-11-19-20(2)12-13)16(23)18-8-7-14(22)21-9-5-3-4-6-10-21/h11-12,15,17H,3-10H2,1-2H3,(H,18,23). The van der Waals surface area contributed by atoms with Crippen LogP contribution in [-0.2, 0) is 16.6 Å². The fourth-order valence-corrected chi connectivity index (χ4v) is 2.91. The summed E-state index contributed by atoms with van der Waals surface area (Å²) in [4.78, 5) is 26.4. The van der Waals surface area contributed by atoms with E-state index in [1.807, 2.05) is 18.1 Å². The highest BCUT2D eigenvalue weighted by molar-refractivity contribution is 5.84. The molecular weight excluding hydrogens is 294 g/mol. The summed E-state index contributed by atoms with van der Waals surface area (Å²) in [5, 5.41) is 9.90. The monoisotopic (exact) mass is 321 g/mol. The quantitative estimate of drug-likeness (QED) is 0.804. The van der Waals surface area contributed by atoms with Gasteiger partial charge in [0, 0.05) is 44.9 Å². The van der Waals surface area contributed by atoms with Crippen molar-refractivity contribution in [1.82, 2.24) is 25.3 Å². The van der Waals surface area contributed by atoms with Gasteiger partial charge in [0.15, 0.2) is 0 Å². The number of aryl methyl sites for hydroxylation is 1. The van der Waals surface area contributed by atoms with Gasteiger partial charge in [-0.2, -0.15) is 5.10 Å². The molecule has 0 saturated carbocycles. The van der Waals surface area contributed by atoms with Gasteiger partial charge < -0.3 is 15.5 Å². The number of amides is 2. The molecule has 1 unspecified atom stereocenters. The molecule has 2 rings (SSSR count). The maximum Gasteiger partial charge on any atom is 0.241 e. The summed E-state index contributed by atoms with van der Waals surface area (Å²) in [6.07, 6.45) is 8.41. The predicted molar refractivity (Wildman–Crippen MR) is 87.7 cm³/mol. The molecule has 1 aliphatic rings. The highest BCUT2D eigenvalue weighted by atomic mass is 16.2. The first-order valence-corrected chi connectivity index (χ1v) is 8.33. The van der Waals surface area contributed by atoms with Crippen LogP contribution in [-0.4, -0.2) is 53.2 Å². The highest BCUT2D eigenvalue weighted by Crippen LogP contribution is 2.12. The molecule has 0 spiro atoms. The fourth-order valence-electron chi connectivity index (χ4n) is 2.91. The minimum atomic E-state index is -0.447. The summed E-state index contributed by atoms with van der Waals surface area (Å²) in [7, 11) is 3.55. The summed E-state index contributed by atoms with van der Waals surface area (Å²) < 4.78 is 1.66. The Morgan fingerprint density at radius 3 is 2.52 bits per heavy atom. The lowest BCUT2D eigenvalue weighted by Crippen LogP contribution is -2.39. The lowest BCUT2D eigenvalue weighted by atomic mass is 10.1. The Bertz CT molecular complexity index is 520. The fraction of sp³-hybridized carbons (Fsp3) is 0.688. The van der Waals surface area contributed by atoms with E-state index >= 15 is 0 Å². The Morgan fingerprint density at radius 2 is 1.96 bits per heavy atom. The molecule has 1 atom stereocenters. The number of likely N-dealkylation sites (N-methyl/N-ethyl adjacent to an activating group) is 1. The number of hydrogen-bond acceptors (Lipinski definition) is 4. The van der Waals surface area contributed by atoms with E-state index in [9.17, 15) is 9.59 Å². The van der Waals surface area contributed by atoms with Crippen molar-refractivity contribution in [3.8, 4) is 0 Å². The van der Waals surface area contributed by atoms with Crippen molar-refractivity contribution in [2.24, 2.45) is 7.05 Å². The SMILES string of the molecule is CNC(C(=O)NCCC(=O)N1CCCCCC1)c1cnn(C)c1. The van der Waals surface area contributed by atoms with E-state index < -0.39 is 6.04 Å². The largest absolute Gasteiger partial charge is 0.354 e. The molecule has 2 N–H and O–H groups in total. The summed E-state index contributed by atoms with van der Waals surface area (Å²) in [6.45, 7) is 2.07. The second-order valence-electron chi connectivity index (χ2n) is 6.01. The van der Waals surface area contributed by atoms with E-state index in [0.29, 0.717) is 13.0 Å².